The number of rotatable bonds is 26. The number of hydrogen-bond acceptors (Lipinski definition) is 9. The number of aliphatic hydroxyl groups excluding tert-OH is 1. The highest BCUT2D eigenvalue weighted by molar-refractivity contribution is 5.87. The van der Waals surface area contributed by atoms with Gasteiger partial charge in [-0.2, -0.15) is 0 Å². The number of ether oxygens (including phenoxy) is 7. The van der Waals surface area contributed by atoms with Crippen LogP contribution < -0.4 is 9.64 Å². The van der Waals surface area contributed by atoms with Crippen molar-refractivity contribution in [3.8, 4) is 16.9 Å². The highest BCUT2D eigenvalue weighted by atomic mass is 16.6. The monoisotopic (exact) mass is 799 g/mol. The number of aryl methyl sites for hydroxylation is 2. The van der Waals surface area contributed by atoms with E-state index in [4.69, 9.17) is 38.3 Å². The van der Waals surface area contributed by atoms with Gasteiger partial charge >= 0.3 is 0 Å². The molecular formula is C48H67N2O8+. The predicted molar refractivity (Wildman–Crippen MR) is 231 cm³/mol. The van der Waals surface area contributed by atoms with E-state index in [2.05, 4.69) is 127 Å². The Labute approximate surface area is 347 Å². The van der Waals surface area contributed by atoms with Gasteiger partial charge in [-0.25, -0.2) is 0 Å². The summed E-state index contributed by atoms with van der Waals surface area (Å²) in [6.45, 7) is 14.2. The Hall–Kier alpha value is -3.84. The van der Waals surface area contributed by atoms with E-state index in [1.807, 2.05) is 0 Å². The third-order valence-electron chi connectivity index (χ3n) is 10.9. The summed E-state index contributed by atoms with van der Waals surface area (Å²) in [7, 11) is 10.4. The van der Waals surface area contributed by atoms with Gasteiger partial charge in [0.25, 0.3) is 0 Å². The molecule has 0 saturated carbocycles. The van der Waals surface area contributed by atoms with Crippen molar-refractivity contribution in [2.24, 2.45) is 0 Å². The van der Waals surface area contributed by atoms with E-state index in [1.54, 1.807) is 7.11 Å². The van der Waals surface area contributed by atoms with E-state index in [0.717, 1.165) is 29.0 Å². The molecule has 10 heteroatoms. The van der Waals surface area contributed by atoms with Crippen LogP contribution in [0.25, 0.3) is 11.1 Å². The predicted octanol–water partition coefficient (Wildman–Crippen LogP) is 6.93. The van der Waals surface area contributed by atoms with Crippen LogP contribution in [0.15, 0.2) is 72.8 Å². The molecule has 316 valence electrons. The van der Waals surface area contributed by atoms with Crippen LogP contribution in [-0.2, 0) is 47.0 Å². The zero-order valence-electron chi connectivity index (χ0n) is 36.2. The van der Waals surface area contributed by atoms with Gasteiger partial charge in [0.1, 0.15) is 18.9 Å². The molecule has 0 bridgehead atoms. The third kappa shape index (κ3) is 11.2. The molecule has 10 nitrogen and oxygen atoms in total. The molecule has 58 heavy (non-hydrogen) atoms. The molecule has 4 aromatic carbocycles. The number of methoxy groups -OCH3 is 1. The lowest BCUT2D eigenvalue weighted by Crippen LogP contribution is -2.38. The van der Waals surface area contributed by atoms with Gasteiger partial charge in [0.05, 0.1) is 111 Å². The Morgan fingerprint density at radius 1 is 0.603 bits per heavy atom. The van der Waals surface area contributed by atoms with Crippen molar-refractivity contribution in [2.45, 2.75) is 39.3 Å². The molecule has 1 N–H and O–H groups in total. The first kappa shape index (κ1) is 45.2. The second-order valence-corrected chi connectivity index (χ2v) is 15.9. The molecular weight excluding hydrogens is 733 g/mol. The van der Waals surface area contributed by atoms with Gasteiger partial charge in [-0.1, -0.05) is 65.7 Å². The summed E-state index contributed by atoms with van der Waals surface area (Å²) in [4.78, 5) is 2.14. The quantitative estimate of drug-likeness (QED) is 0.0473. The molecule has 0 heterocycles. The second-order valence-electron chi connectivity index (χ2n) is 15.9. The van der Waals surface area contributed by atoms with E-state index in [9.17, 15) is 0 Å². The highest BCUT2D eigenvalue weighted by Crippen LogP contribution is 2.57. The molecule has 0 saturated heterocycles. The van der Waals surface area contributed by atoms with Crippen LogP contribution in [0.4, 0.5) is 5.69 Å². The van der Waals surface area contributed by atoms with Crippen molar-refractivity contribution >= 4 is 5.69 Å². The van der Waals surface area contributed by atoms with Crippen LogP contribution in [0.1, 0.15) is 51.4 Å². The van der Waals surface area contributed by atoms with E-state index >= 15 is 0 Å². The van der Waals surface area contributed by atoms with E-state index in [1.165, 1.54) is 55.6 Å². The van der Waals surface area contributed by atoms with E-state index in [0.29, 0.717) is 79.3 Å². The minimum atomic E-state index is -0.596. The van der Waals surface area contributed by atoms with Crippen LogP contribution in [0, 0.1) is 13.8 Å². The standard InChI is InChI=1S/C48H67N2O8/c1-9-50(6,7)34-39-32-40(13-12-38(39)35-57-27-26-55-23-22-53-19-18-51)48(44-30-36(2)10-15-42(44)43-16-11-37(3)31-45(43)48)41-14-17-47(46(33-41)49(4)5)58-29-28-56-25-24-54-21-20-52-8/h10-17,30-33,51H,9,18-29,34-35H2,1-8H3/q+1. The average Bonchev–Trinajstić information content (AvgIpc) is 3.48. The average molecular weight is 800 g/mol. The summed E-state index contributed by atoms with van der Waals surface area (Å²) in [6, 6.07) is 27.6. The minimum Gasteiger partial charge on any atom is -0.489 e. The Balaban J connectivity index is 1.54. The summed E-state index contributed by atoms with van der Waals surface area (Å²) in [5, 5.41) is 8.92. The number of fused-ring (bicyclic) bond motifs is 3. The van der Waals surface area contributed by atoms with Gasteiger partial charge in [-0.15, -0.1) is 0 Å². The van der Waals surface area contributed by atoms with Crippen molar-refractivity contribution in [3.63, 3.8) is 0 Å². The number of quaternary nitrogens is 1. The maximum absolute atomic E-state index is 8.92. The molecule has 0 fully saturated rings. The van der Waals surface area contributed by atoms with Crippen molar-refractivity contribution in [1.82, 2.24) is 0 Å². The van der Waals surface area contributed by atoms with Crippen molar-refractivity contribution < 1.29 is 42.7 Å². The fraction of sp³-hybridized carbons (Fsp3) is 0.500. The van der Waals surface area contributed by atoms with Crippen LogP contribution in [0.5, 0.6) is 5.75 Å². The summed E-state index contributed by atoms with van der Waals surface area (Å²) in [6.07, 6.45) is 0. The molecule has 0 radical (unpaired) electrons. The van der Waals surface area contributed by atoms with Gasteiger partial charge in [0.2, 0.25) is 0 Å². The molecule has 0 aliphatic heterocycles. The Morgan fingerprint density at radius 3 is 1.71 bits per heavy atom. The summed E-state index contributed by atoms with van der Waals surface area (Å²) in [5.74, 6) is 0.813. The van der Waals surface area contributed by atoms with Crippen LogP contribution in [0.3, 0.4) is 0 Å². The van der Waals surface area contributed by atoms with Crippen molar-refractivity contribution in [3.05, 3.63) is 117 Å². The highest BCUT2D eigenvalue weighted by Gasteiger charge is 2.47. The Kier molecular flexibility index (Phi) is 17.1. The summed E-state index contributed by atoms with van der Waals surface area (Å²) in [5.41, 5.74) is 12.8. The largest absolute Gasteiger partial charge is 0.489 e. The van der Waals surface area contributed by atoms with Gasteiger partial charge < -0.3 is 47.6 Å². The molecule has 0 spiro atoms. The molecule has 1 aliphatic carbocycles. The first-order valence-electron chi connectivity index (χ1n) is 20.7. The molecule has 0 atom stereocenters. The molecule has 0 amide bonds. The molecule has 0 unspecified atom stereocenters. The zero-order chi connectivity index (χ0) is 41.5. The molecule has 4 aromatic rings. The topological polar surface area (TPSA) is 88.1 Å². The smallest absolute Gasteiger partial charge is 0.142 e. The number of anilines is 1. The maximum Gasteiger partial charge on any atom is 0.142 e. The first-order chi connectivity index (χ1) is 28.0. The van der Waals surface area contributed by atoms with Crippen LogP contribution in [-0.4, -0.2) is 131 Å². The fourth-order valence-electron chi connectivity index (χ4n) is 7.64. The van der Waals surface area contributed by atoms with Crippen molar-refractivity contribution in [1.29, 1.82) is 0 Å². The van der Waals surface area contributed by atoms with Gasteiger partial charge in [0, 0.05) is 26.8 Å². The lowest BCUT2D eigenvalue weighted by atomic mass is 9.66. The Morgan fingerprint density at radius 2 is 1.14 bits per heavy atom. The second kappa shape index (κ2) is 22.0. The molecule has 5 rings (SSSR count). The zero-order valence-corrected chi connectivity index (χ0v) is 36.2. The normalized spacial score (nSPS) is 13.1. The van der Waals surface area contributed by atoms with Crippen molar-refractivity contribution in [2.75, 3.05) is 126 Å². The van der Waals surface area contributed by atoms with Crippen LogP contribution in [0.2, 0.25) is 0 Å². The molecule has 0 aromatic heterocycles. The molecule has 1 aliphatic rings. The van der Waals surface area contributed by atoms with E-state index < -0.39 is 5.41 Å². The van der Waals surface area contributed by atoms with Gasteiger partial charge in [-0.3, -0.25) is 0 Å². The third-order valence-corrected chi connectivity index (χ3v) is 10.9. The maximum atomic E-state index is 8.92. The number of hydrogen-bond donors (Lipinski definition) is 1. The number of nitrogens with zero attached hydrogens (tertiary/aromatic N) is 2. The SMILES string of the molecule is CC[N+](C)(C)Cc1cc(C2(c3ccc(OCCOCCOCCOC)c(N(C)C)c3)c3cc(C)ccc3-c3ccc(C)cc32)ccc1COCCOCCOCCO. The number of aliphatic hydroxyl groups is 1. The lowest BCUT2D eigenvalue weighted by Gasteiger charge is -2.36. The fourth-order valence-corrected chi connectivity index (χ4v) is 7.64. The Bertz CT molecular complexity index is 1840. The lowest BCUT2D eigenvalue weighted by molar-refractivity contribution is -0.901. The van der Waals surface area contributed by atoms with E-state index in [-0.39, 0.29) is 6.61 Å². The minimum absolute atomic E-state index is 0.0137. The summed E-state index contributed by atoms with van der Waals surface area (Å²) < 4.78 is 40.9. The first-order valence-corrected chi connectivity index (χ1v) is 20.7. The number of benzene rings is 4. The van der Waals surface area contributed by atoms with Gasteiger partial charge in [0.15, 0.2) is 0 Å². The van der Waals surface area contributed by atoms with Crippen LogP contribution >= 0.6 is 0 Å². The van der Waals surface area contributed by atoms with Gasteiger partial charge in [-0.05, 0) is 77.9 Å². The summed E-state index contributed by atoms with van der Waals surface area (Å²) >= 11 is 0.